The second kappa shape index (κ2) is 13.2. The van der Waals surface area contributed by atoms with E-state index in [4.69, 9.17) is 0 Å². The Morgan fingerprint density at radius 2 is 1.54 bits per heavy atom. The molecule has 0 radical (unpaired) electrons. The summed E-state index contributed by atoms with van der Waals surface area (Å²) in [5, 5.41) is 14.7. The van der Waals surface area contributed by atoms with E-state index in [2.05, 4.69) is 26.4 Å². The van der Waals surface area contributed by atoms with E-state index in [1.807, 2.05) is 6.92 Å². The Hall–Kier alpha value is -4.02. The Kier molecular flexibility index (Phi) is 10.5. The minimum Gasteiger partial charge on any atom is -0.344 e. The molecule has 0 fully saturated rings. The van der Waals surface area contributed by atoms with E-state index in [1.165, 1.54) is 6.92 Å². The Bertz CT molecular complexity index is 1200. The molecule has 11 nitrogen and oxygen atoms in total. The van der Waals surface area contributed by atoms with Crippen LogP contribution in [0.3, 0.4) is 0 Å². The van der Waals surface area contributed by atoms with Gasteiger partial charge in [-0.15, -0.1) is 0 Å². The Labute approximate surface area is 229 Å². The fraction of sp³-hybridized carbons (Fsp3) is 0.500. The molecular formula is C28H40N6O5. The minimum absolute atomic E-state index is 0.107. The summed E-state index contributed by atoms with van der Waals surface area (Å²) in [5.74, 6) is -3.61. The molecule has 4 N–H and O–H groups in total. The Morgan fingerprint density at radius 1 is 0.923 bits per heavy atom. The number of nitrogens with zero attached hydrogens (tertiary/aromatic N) is 2. The quantitative estimate of drug-likeness (QED) is 0.316. The molecule has 0 aliphatic heterocycles. The van der Waals surface area contributed by atoms with Gasteiger partial charge >= 0.3 is 0 Å². The molecule has 4 amide bonds. The van der Waals surface area contributed by atoms with Crippen LogP contribution in [0.5, 0.6) is 0 Å². The molecule has 2 aromatic rings. The summed E-state index contributed by atoms with van der Waals surface area (Å²) in [7, 11) is 1.74. The summed E-state index contributed by atoms with van der Waals surface area (Å²) in [6.07, 6.45) is 0. The van der Waals surface area contributed by atoms with E-state index in [-0.39, 0.29) is 12.5 Å². The van der Waals surface area contributed by atoms with E-state index in [0.29, 0.717) is 5.56 Å². The summed E-state index contributed by atoms with van der Waals surface area (Å²) >= 11 is 0. The smallest absolute Gasteiger partial charge is 0.289 e. The lowest BCUT2D eigenvalue weighted by molar-refractivity contribution is -0.141. The number of carbonyl (C=O) groups is 5. The van der Waals surface area contributed by atoms with Crippen LogP contribution in [0.15, 0.2) is 36.4 Å². The number of benzene rings is 1. The predicted molar refractivity (Wildman–Crippen MR) is 146 cm³/mol. The lowest BCUT2D eigenvalue weighted by atomic mass is 9.85. The predicted octanol–water partition coefficient (Wildman–Crippen LogP) is 1.40. The van der Waals surface area contributed by atoms with Crippen LogP contribution in [0, 0.1) is 18.3 Å². The van der Waals surface area contributed by atoms with Gasteiger partial charge < -0.3 is 21.3 Å². The fourth-order valence-electron chi connectivity index (χ4n) is 3.88. The summed E-state index contributed by atoms with van der Waals surface area (Å²) in [4.78, 5) is 64.3. The van der Waals surface area contributed by atoms with Crippen LogP contribution in [0.2, 0.25) is 0 Å². The number of aryl methyl sites for hydroxylation is 2. The van der Waals surface area contributed by atoms with Gasteiger partial charge in [-0.2, -0.15) is 5.10 Å². The van der Waals surface area contributed by atoms with Crippen LogP contribution in [-0.2, 0) is 32.8 Å². The first-order chi connectivity index (χ1) is 18.1. The largest absolute Gasteiger partial charge is 0.344 e. The molecule has 3 atom stereocenters. The molecule has 39 heavy (non-hydrogen) atoms. The van der Waals surface area contributed by atoms with Crippen LogP contribution in [0.25, 0.3) is 0 Å². The normalized spacial score (nSPS) is 13.7. The maximum Gasteiger partial charge on any atom is 0.289 e. The van der Waals surface area contributed by atoms with Gasteiger partial charge in [0.15, 0.2) is 0 Å². The van der Waals surface area contributed by atoms with Gasteiger partial charge in [-0.1, -0.05) is 52.8 Å². The van der Waals surface area contributed by atoms with Crippen molar-refractivity contribution in [1.29, 1.82) is 0 Å². The van der Waals surface area contributed by atoms with Crippen molar-refractivity contribution in [3.63, 3.8) is 0 Å². The van der Waals surface area contributed by atoms with E-state index in [1.54, 1.807) is 82.7 Å². The molecular weight excluding hydrogens is 500 g/mol. The number of nitrogens with one attached hydrogen (secondary N) is 4. The average molecular weight is 541 g/mol. The highest BCUT2D eigenvalue weighted by Crippen LogP contribution is 2.20. The van der Waals surface area contributed by atoms with Crippen LogP contribution in [0.1, 0.15) is 63.3 Å². The highest BCUT2D eigenvalue weighted by Gasteiger charge is 2.36. The van der Waals surface area contributed by atoms with Crippen LogP contribution in [-0.4, -0.2) is 57.3 Å². The fourth-order valence-corrected chi connectivity index (χ4v) is 3.88. The SMILES string of the molecule is Cc1cc(CNC(=O)C(=O)[C@@H](NC(=O)[C@H](C)NC(=O)[C@@H](NC(=O)c2ccccc2)C(C)(C)C)C(C)C)n(C)n1. The number of hydrogen-bond donors (Lipinski definition) is 4. The Balaban J connectivity index is 2.03. The van der Waals surface area contributed by atoms with Gasteiger partial charge in [-0.25, -0.2) is 0 Å². The van der Waals surface area contributed by atoms with Gasteiger partial charge in [0.2, 0.25) is 17.6 Å². The zero-order valence-corrected chi connectivity index (χ0v) is 23.9. The van der Waals surface area contributed by atoms with Crippen molar-refractivity contribution in [2.75, 3.05) is 0 Å². The maximum absolute atomic E-state index is 13.1. The average Bonchev–Trinajstić information content (AvgIpc) is 3.19. The number of hydrogen-bond acceptors (Lipinski definition) is 6. The van der Waals surface area contributed by atoms with Crippen molar-refractivity contribution >= 4 is 29.4 Å². The number of Topliss-reactive ketones (excluding diaryl/α,β-unsaturated/α-hetero) is 1. The molecule has 0 unspecified atom stereocenters. The first kappa shape index (κ1) is 31.2. The summed E-state index contributed by atoms with van der Waals surface area (Å²) in [5.41, 5.74) is 1.25. The molecule has 11 heteroatoms. The van der Waals surface area contributed by atoms with Gasteiger partial charge in [0.1, 0.15) is 12.1 Å². The summed E-state index contributed by atoms with van der Waals surface area (Å²) in [6, 6.07) is 7.23. The maximum atomic E-state index is 13.1. The first-order valence-corrected chi connectivity index (χ1v) is 12.9. The van der Waals surface area contributed by atoms with E-state index < -0.39 is 53.0 Å². The molecule has 212 valence electrons. The van der Waals surface area contributed by atoms with Crippen LogP contribution in [0.4, 0.5) is 0 Å². The molecule has 0 bridgehead atoms. The molecule has 0 aliphatic rings. The molecule has 0 saturated carbocycles. The number of carbonyl (C=O) groups excluding carboxylic acids is 5. The van der Waals surface area contributed by atoms with Crippen LogP contribution < -0.4 is 21.3 Å². The van der Waals surface area contributed by atoms with Crippen LogP contribution >= 0.6 is 0 Å². The molecule has 1 aromatic carbocycles. The third-order valence-electron chi connectivity index (χ3n) is 6.19. The first-order valence-electron chi connectivity index (χ1n) is 12.9. The lowest BCUT2D eigenvalue weighted by Gasteiger charge is -2.31. The lowest BCUT2D eigenvalue weighted by Crippen LogP contribution is -2.59. The zero-order valence-electron chi connectivity index (χ0n) is 23.9. The second-order valence-corrected chi connectivity index (χ2v) is 11.0. The second-order valence-electron chi connectivity index (χ2n) is 11.0. The molecule has 0 saturated heterocycles. The van der Waals surface area contributed by atoms with Gasteiger partial charge in [0.05, 0.1) is 24.0 Å². The molecule has 0 spiro atoms. The van der Waals surface area contributed by atoms with Gasteiger partial charge in [-0.05, 0) is 43.4 Å². The molecule has 0 aliphatic carbocycles. The van der Waals surface area contributed by atoms with Gasteiger partial charge in [-0.3, -0.25) is 28.7 Å². The monoisotopic (exact) mass is 540 g/mol. The molecule has 2 rings (SSSR count). The van der Waals surface area contributed by atoms with Crippen molar-refractivity contribution in [2.24, 2.45) is 18.4 Å². The third-order valence-corrected chi connectivity index (χ3v) is 6.19. The van der Waals surface area contributed by atoms with Crippen molar-refractivity contribution < 1.29 is 24.0 Å². The number of aromatic nitrogens is 2. The zero-order chi connectivity index (χ0) is 29.5. The Morgan fingerprint density at radius 3 is 2.05 bits per heavy atom. The topological polar surface area (TPSA) is 151 Å². The molecule has 1 aromatic heterocycles. The summed E-state index contributed by atoms with van der Waals surface area (Å²) < 4.78 is 1.61. The standard InChI is InChI=1S/C28H40N6O5/c1-16(2)21(22(35)26(38)29-15-20-14-17(3)33-34(20)8)31-24(36)18(4)30-27(39)23(28(5,6)7)32-25(37)19-12-10-9-11-13-19/h9-14,16,18,21,23H,15H2,1-8H3,(H,29,38)(H,30,39)(H,31,36)(H,32,37)/t18-,21-,23+/m0/s1. The number of ketones is 1. The van der Waals surface area contributed by atoms with Crippen molar-refractivity contribution in [2.45, 2.75) is 73.1 Å². The third kappa shape index (κ3) is 8.76. The summed E-state index contributed by atoms with van der Waals surface area (Å²) in [6.45, 7) is 12.2. The van der Waals surface area contributed by atoms with Crippen molar-refractivity contribution in [1.82, 2.24) is 31.0 Å². The van der Waals surface area contributed by atoms with E-state index >= 15 is 0 Å². The van der Waals surface area contributed by atoms with E-state index in [0.717, 1.165) is 11.4 Å². The van der Waals surface area contributed by atoms with Crippen molar-refractivity contribution in [3.05, 3.63) is 53.3 Å². The van der Waals surface area contributed by atoms with Gasteiger partial charge in [0, 0.05) is 12.6 Å². The van der Waals surface area contributed by atoms with Gasteiger partial charge in [0.25, 0.3) is 11.8 Å². The number of rotatable bonds is 11. The highest BCUT2D eigenvalue weighted by atomic mass is 16.2. The van der Waals surface area contributed by atoms with Crippen molar-refractivity contribution in [3.8, 4) is 0 Å². The highest BCUT2D eigenvalue weighted by molar-refractivity contribution is 6.38. The minimum atomic E-state index is -1.10. The molecule has 1 heterocycles. The van der Waals surface area contributed by atoms with E-state index in [9.17, 15) is 24.0 Å². The number of amides is 4.